The Morgan fingerprint density at radius 1 is 1.13 bits per heavy atom. The largest absolute Gasteiger partial charge is 0.444 e. The van der Waals surface area contributed by atoms with E-state index in [9.17, 15) is 0 Å². The van der Waals surface area contributed by atoms with Gasteiger partial charge < -0.3 is 15.1 Å². The summed E-state index contributed by atoms with van der Waals surface area (Å²) in [7, 11) is 0. The average molecular weight is 416 g/mol. The van der Waals surface area contributed by atoms with Gasteiger partial charge in [-0.1, -0.05) is 17.7 Å². The molecule has 0 aliphatic carbocycles. The van der Waals surface area contributed by atoms with E-state index in [0.29, 0.717) is 24.9 Å². The average Bonchev–Trinajstić information content (AvgIpc) is 3.49. The van der Waals surface area contributed by atoms with E-state index in [-0.39, 0.29) is 0 Å². The number of aliphatic imine (C=N–C) groups is 1. The minimum Gasteiger partial charge on any atom is -0.444 e. The molecule has 0 atom stereocenters. The molecule has 0 saturated heterocycles. The van der Waals surface area contributed by atoms with Gasteiger partial charge in [-0.3, -0.25) is 0 Å². The van der Waals surface area contributed by atoms with Crippen LogP contribution in [0.25, 0.3) is 17.3 Å². The Balaban J connectivity index is 1.40. The van der Waals surface area contributed by atoms with E-state index < -0.39 is 0 Å². The molecular formula is C23H25N7O. The van der Waals surface area contributed by atoms with E-state index in [1.54, 1.807) is 23.3 Å². The van der Waals surface area contributed by atoms with Gasteiger partial charge in [0, 0.05) is 30.7 Å². The SMILES string of the molecule is CCNC(=NCc1ccnc(-n2cccn2)c1)NCc1coc(-c2ccc(C)cc2)n1. The van der Waals surface area contributed by atoms with Gasteiger partial charge in [-0.05, 0) is 49.7 Å². The van der Waals surface area contributed by atoms with Crippen molar-refractivity contribution in [2.45, 2.75) is 26.9 Å². The lowest BCUT2D eigenvalue weighted by molar-refractivity contribution is 0.572. The summed E-state index contributed by atoms with van der Waals surface area (Å²) >= 11 is 0. The Kier molecular flexibility index (Phi) is 6.37. The fourth-order valence-electron chi connectivity index (χ4n) is 2.99. The molecule has 0 fully saturated rings. The summed E-state index contributed by atoms with van der Waals surface area (Å²) in [4.78, 5) is 13.6. The molecule has 3 aromatic heterocycles. The van der Waals surface area contributed by atoms with Crippen LogP contribution in [0.4, 0.5) is 0 Å². The van der Waals surface area contributed by atoms with Crippen molar-refractivity contribution in [2.24, 2.45) is 4.99 Å². The number of nitrogens with zero attached hydrogens (tertiary/aromatic N) is 5. The monoisotopic (exact) mass is 415 g/mol. The normalized spacial score (nSPS) is 11.5. The third-order valence-corrected chi connectivity index (χ3v) is 4.60. The van der Waals surface area contributed by atoms with Crippen molar-refractivity contribution in [3.05, 3.63) is 84.1 Å². The summed E-state index contributed by atoms with van der Waals surface area (Å²) in [5, 5.41) is 10.8. The van der Waals surface area contributed by atoms with E-state index in [4.69, 9.17) is 4.42 Å². The number of benzene rings is 1. The van der Waals surface area contributed by atoms with Crippen molar-refractivity contribution in [2.75, 3.05) is 6.54 Å². The Hall–Kier alpha value is -3.94. The van der Waals surface area contributed by atoms with Gasteiger partial charge in [0.1, 0.15) is 6.26 Å². The van der Waals surface area contributed by atoms with Crippen LogP contribution in [0.15, 0.2) is 76.7 Å². The predicted molar refractivity (Wildman–Crippen MR) is 120 cm³/mol. The molecule has 31 heavy (non-hydrogen) atoms. The highest BCUT2D eigenvalue weighted by atomic mass is 16.3. The summed E-state index contributed by atoms with van der Waals surface area (Å²) in [5.74, 6) is 2.09. The van der Waals surface area contributed by atoms with Crippen molar-refractivity contribution in [3.63, 3.8) is 0 Å². The van der Waals surface area contributed by atoms with Gasteiger partial charge >= 0.3 is 0 Å². The Bertz CT molecular complexity index is 1130. The second-order valence-corrected chi connectivity index (χ2v) is 7.03. The number of hydrogen-bond donors (Lipinski definition) is 2. The molecule has 0 radical (unpaired) electrons. The third-order valence-electron chi connectivity index (χ3n) is 4.60. The fourth-order valence-corrected chi connectivity index (χ4v) is 2.99. The molecule has 0 spiro atoms. The number of oxazole rings is 1. The number of guanidine groups is 1. The fraction of sp³-hybridized carbons (Fsp3) is 0.217. The molecular weight excluding hydrogens is 390 g/mol. The van der Waals surface area contributed by atoms with Crippen LogP contribution in [-0.4, -0.2) is 32.3 Å². The van der Waals surface area contributed by atoms with Crippen LogP contribution in [0.5, 0.6) is 0 Å². The molecule has 3 heterocycles. The van der Waals surface area contributed by atoms with Gasteiger partial charge in [-0.2, -0.15) is 5.10 Å². The maximum atomic E-state index is 5.63. The summed E-state index contributed by atoms with van der Waals surface area (Å²) in [6.07, 6.45) is 7.03. The van der Waals surface area contributed by atoms with Gasteiger partial charge in [0.15, 0.2) is 11.8 Å². The number of aryl methyl sites for hydroxylation is 1. The molecule has 158 valence electrons. The number of hydrogen-bond acceptors (Lipinski definition) is 5. The van der Waals surface area contributed by atoms with E-state index in [2.05, 4.69) is 37.6 Å². The zero-order chi connectivity index (χ0) is 21.5. The van der Waals surface area contributed by atoms with E-state index >= 15 is 0 Å². The van der Waals surface area contributed by atoms with Gasteiger partial charge in [0.25, 0.3) is 0 Å². The van der Waals surface area contributed by atoms with E-state index in [1.807, 2.05) is 55.6 Å². The maximum absolute atomic E-state index is 5.63. The first-order chi connectivity index (χ1) is 15.2. The third kappa shape index (κ3) is 5.36. The van der Waals surface area contributed by atoms with E-state index in [0.717, 1.165) is 29.2 Å². The highest BCUT2D eigenvalue weighted by Gasteiger charge is 2.08. The number of aromatic nitrogens is 4. The molecule has 0 bridgehead atoms. The van der Waals surface area contributed by atoms with Crippen LogP contribution in [-0.2, 0) is 13.1 Å². The summed E-state index contributed by atoms with van der Waals surface area (Å²) in [6, 6.07) is 13.9. The molecule has 0 saturated carbocycles. The number of rotatable bonds is 7. The Morgan fingerprint density at radius 3 is 2.77 bits per heavy atom. The second kappa shape index (κ2) is 9.71. The Labute approximate surface area is 181 Å². The van der Waals surface area contributed by atoms with Gasteiger partial charge in [-0.15, -0.1) is 0 Å². The van der Waals surface area contributed by atoms with Crippen LogP contribution in [0.2, 0.25) is 0 Å². The first kappa shape index (κ1) is 20.3. The zero-order valence-corrected chi connectivity index (χ0v) is 17.6. The molecule has 8 nitrogen and oxygen atoms in total. The highest BCUT2D eigenvalue weighted by Crippen LogP contribution is 2.19. The summed E-state index contributed by atoms with van der Waals surface area (Å²) in [5.41, 5.74) is 4.02. The molecule has 0 aliphatic heterocycles. The maximum Gasteiger partial charge on any atom is 0.226 e. The summed E-state index contributed by atoms with van der Waals surface area (Å²) in [6.45, 7) is 5.87. The summed E-state index contributed by atoms with van der Waals surface area (Å²) < 4.78 is 7.36. The smallest absolute Gasteiger partial charge is 0.226 e. The van der Waals surface area contributed by atoms with Crippen molar-refractivity contribution in [1.29, 1.82) is 0 Å². The minimum atomic E-state index is 0.510. The van der Waals surface area contributed by atoms with Crippen molar-refractivity contribution < 1.29 is 4.42 Å². The highest BCUT2D eigenvalue weighted by molar-refractivity contribution is 5.79. The lowest BCUT2D eigenvalue weighted by Gasteiger charge is -2.10. The number of nitrogens with one attached hydrogen (secondary N) is 2. The molecule has 0 unspecified atom stereocenters. The topological polar surface area (TPSA) is 93.2 Å². The first-order valence-corrected chi connectivity index (χ1v) is 10.2. The van der Waals surface area contributed by atoms with Crippen LogP contribution >= 0.6 is 0 Å². The standard InChI is InChI=1S/C23H25N7O/c1-3-24-23(26-14-18-9-11-25-21(13-18)30-12-4-10-28-30)27-15-20-16-31-22(29-20)19-7-5-17(2)6-8-19/h4-13,16H,3,14-15H2,1-2H3,(H2,24,26,27). The molecule has 0 aliphatic rings. The van der Waals surface area contributed by atoms with E-state index in [1.165, 1.54) is 5.56 Å². The van der Waals surface area contributed by atoms with Gasteiger partial charge in [0.2, 0.25) is 5.89 Å². The van der Waals surface area contributed by atoms with Crippen molar-refractivity contribution >= 4 is 5.96 Å². The minimum absolute atomic E-state index is 0.510. The molecule has 8 heteroatoms. The molecule has 4 rings (SSSR count). The van der Waals surface area contributed by atoms with Crippen LogP contribution in [0.1, 0.15) is 23.7 Å². The predicted octanol–water partition coefficient (Wildman–Crippen LogP) is 3.49. The molecule has 2 N–H and O–H groups in total. The lowest BCUT2D eigenvalue weighted by Crippen LogP contribution is -2.36. The lowest BCUT2D eigenvalue weighted by atomic mass is 10.1. The van der Waals surface area contributed by atoms with Crippen molar-refractivity contribution in [3.8, 4) is 17.3 Å². The van der Waals surface area contributed by atoms with Crippen LogP contribution in [0.3, 0.4) is 0 Å². The first-order valence-electron chi connectivity index (χ1n) is 10.2. The molecule has 1 aromatic carbocycles. The Morgan fingerprint density at radius 2 is 2.00 bits per heavy atom. The number of pyridine rings is 1. The molecule has 4 aromatic rings. The molecule has 0 amide bonds. The van der Waals surface area contributed by atoms with Gasteiger partial charge in [-0.25, -0.2) is 19.6 Å². The second-order valence-electron chi connectivity index (χ2n) is 7.03. The van der Waals surface area contributed by atoms with Gasteiger partial charge in [0.05, 0.1) is 18.8 Å². The zero-order valence-electron chi connectivity index (χ0n) is 17.6. The quantitative estimate of drug-likeness (QED) is 0.355. The van der Waals surface area contributed by atoms with Crippen LogP contribution < -0.4 is 10.6 Å². The van der Waals surface area contributed by atoms with Crippen molar-refractivity contribution in [1.82, 2.24) is 30.4 Å². The van der Waals surface area contributed by atoms with Crippen LogP contribution in [0, 0.1) is 6.92 Å².